The van der Waals surface area contributed by atoms with E-state index in [0.29, 0.717) is 30.4 Å². The van der Waals surface area contributed by atoms with Gasteiger partial charge in [0.2, 0.25) is 10.0 Å². The average Bonchev–Trinajstić information content (AvgIpc) is 2.87. The van der Waals surface area contributed by atoms with Crippen molar-refractivity contribution in [1.29, 1.82) is 0 Å². The number of hydrogen-bond acceptors (Lipinski definition) is 3. The standard InChI is InChI=1S/C21H29N3O3S/c1-16(2)17-8-10-18(11-9-17)22-21(25)20-14-19(15-23(20)3)28(26,27)24-12-6-4-5-7-13-24/h8-11,14-16H,4-7,12-13H2,1-3H3,(H,22,25). The molecule has 1 fully saturated rings. The number of carbonyl (C=O) groups is 1. The van der Waals surface area contributed by atoms with Crippen LogP contribution in [0.3, 0.4) is 0 Å². The van der Waals surface area contributed by atoms with Crippen LogP contribution in [0.2, 0.25) is 0 Å². The fourth-order valence-corrected chi connectivity index (χ4v) is 5.07. The van der Waals surface area contributed by atoms with Gasteiger partial charge >= 0.3 is 0 Å². The molecule has 7 heteroatoms. The van der Waals surface area contributed by atoms with Gasteiger partial charge in [0.1, 0.15) is 10.6 Å². The fourth-order valence-electron chi connectivity index (χ4n) is 3.48. The van der Waals surface area contributed by atoms with Crippen LogP contribution in [0, 0.1) is 0 Å². The minimum Gasteiger partial charge on any atom is -0.345 e. The summed E-state index contributed by atoms with van der Waals surface area (Å²) in [6, 6.07) is 9.18. The number of nitrogens with one attached hydrogen (secondary N) is 1. The van der Waals surface area contributed by atoms with E-state index in [1.165, 1.54) is 17.8 Å². The van der Waals surface area contributed by atoms with Crippen molar-refractivity contribution >= 4 is 21.6 Å². The second kappa shape index (κ2) is 8.49. The van der Waals surface area contributed by atoms with E-state index in [0.717, 1.165) is 25.7 Å². The van der Waals surface area contributed by atoms with Crippen molar-refractivity contribution in [1.82, 2.24) is 8.87 Å². The molecule has 0 radical (unpaired) electrons. The van der Waals surface area contributed by atoms with Gasteiger partial charge in [-0.25, -0.2) is 8.42 Å². The van der Waals surface area contributed by atoms with E-state index in [1.807, 2.05) is 24.3 Å². The monoisotopic (exact) mass is 403 g/mol. The van der Waals surface area contributed by atoms with Gasteiger partial charge in [0.15, 0.2) is 0 Å². The Balaban J connectivity index is 1.78. The summed E-state index contributed by atoms with van der Waals surface area (Å²) in [6.07, 6.45) is 5.41. The third-order valence-corrected chi connectivity index (χ3v) is 7.11. The van der Waals surface area contributed by atoms with Gasteiger partial charge in [-0.15, -0.1) is 0 Å². The summed E-state index contributed by atoms with van der Waals surface area (Å²) in [7, 11) is -1.88. The number of carbonyl (C=O) groups excluding carboxylic acids is 1. The lowest BCUT2D eigenvalue weighted by atomic mass is 10.0. The molecule has 3 rings (SSSR count). The van der Waals surface area contributed by atoms with Gasteiger partial charge in [0.05, 0.1) is 0 Å². The Labute approximate surface area is 167 Å². The number of aryl methyl sites for hydroxylation is 1. The molecular formula is C21H29N3O3S. The molecule has 1 amide bonds. The summed E-state index contributed by atoms with van der Waals surface area (Å²) in [5.74, 6) is 0.0986. The van der Waals surface area contributed by atoms with Crippen LogP contribution >= 0.6 is 0 Å². The third kappa shape index (κ3) is 4.47. The Morgan fingerprint density at radius 1 is 1.04 bits per heavy atom. The van der Waals surface area contributed by atoms with Crippen molar-refractivity contribution in [3.63, 3.8) is 0 Å². The molecular weight excluding hydrogens is 374 g/mol. The molecule has 2 aromatic rings. The number of benzene rings is 1. The van der Waals surface area contributed by atoms with Gasteiger partial charge < -0.3 is 9.88 Å². The summed E-state index contributed by atoms with van der Waals surface area (Å²) in [5.41, 5.74) is 2.21. The van der Waals surface area contributed by atoms with E-state index in [4.69, 9.17) is 0 Å². The zero-order chi connectivity index (χ0) is 20.3. The topological polar surface area (TPSA) is 71.4 Å². The lowest BCUT2D eigenvalue weighted by molar-refractivity contribution is 0.101. The molecule has 0 saturated carbocycles. The highest BCUT2D eigenvalue weighted by Gasteiger charge is 2.28. The Bertz CT molecular complexity index is 922. The summed E-state index contributed by atoms with van der Waals surface area (Å²) < 4.78 is 29.1. The first-order valence-corrected chi connectivity index (χ1v) is 11.3. The van der Waals surface area contributed by atoms with Gasteiger partial charge in [-0.2, -0.15) is 4.31 Å². The molecule has 1 aliphatic rings. The zero-order valence-corrected chi connectivity index (χ0v) is 17.6. The number of aromatic nitrogens is 1. The first kappa shape index (κ1) is 20.6. The molecule has 1 N–H and O–H groups in total. The van der Waals surface area contributed by atoms with E-state index in [2.05, 4.69) is 19.2 Å². The van der Waals surface area contributed by atoms with Crippen LogP contribution in [-0.2, 0) is 17.1 Å². The molecule has 0 atom stereocenters. The van der Waals surface area contributed by atoms with Crippen LogP contribution in [0.4, 0.5) is 5.69 Å². The Morgan fingerprint density at radius 3 is 2.21 bits per heavy atom. The fraction of sp³-hybridized carbons (Fsp3) is 0.476. The summed E-state index contributed by atoms with van der Waals surface area (Å²) >= 11 is 0. The first-order valence-electron chi connectivity index (χ1n) is 9.87. The van der Waals surface area contributed by atoms with E-state index in [-0.39, 0.29) is 10.8 Å². The van der Waals surface area contributed by atoms with Crippen LogP contribution in [0.5, 0.6) is 0 Å². The molecule has 1 aromatic carbocycles. The third-order valence-electron chi connectivity index (χ3n) is 5.25. The lowest BCUT2D eigenvalue weighted by Crippen LogP contribution is -2.31. The lowest BCUT2D eigenvalue weighted by Gasteiger charge is -2.18. The highest BCUT2D eigenvalue weighted by atomic mass is 32.2. The van der Waals surface area contributed by atoms with Gasteiger partial charge in [-0.1, -0.05) is 38.8 Å². The predicted molar refractivity (Wildman–Crippen MR) is 111 cm³/mol. The number of sulfonamides is 1. The summed E-state index contributed by atoms with van der Waals surface area (Å²) in [5, 5.41) is 2.85. The second-order valence-electron chi connectivity index (χ2n) is 7.72. The number of hydrogen-bond donors (Lipinski definition) is 1. The first-order chi connectivity index (χ1) is 13.3. The molecule has 0 spiro atoms. The van der Waals surface area contributed by atoms with E-state index in [1.54, 1.807) is 15.9 Å². The van der Waals surface area contributed by atoms with E-state index in [9.17, 15) is 13.2 Å². The summed E-state index contributed by atoms with van der Waals surface area (Å²) in [4.78, 5) is 12.9. The van der Waals surface area contributed by atoms with Crippen molar-refractivity contribution in [3.8, 4) is 0 Å². The maximum Gasteiger partial charge on any atom is 0.272 e. The molecule has 28 heavy (non-hydrogen) atoms. The number of amides is 1. The van der Waals surface area contributed by atoms with Crippen molar-refractivity contribution in [2.75, 3.05) is 18.4 Å². The number of rotatable bonds is 5. The average molecular weight is 404 g/mol. The molecule has 0 aliphatic carbocycles. The molecule has 6 nitrogen and oxygen atoms in total. The molecule has 0 unspecified atom stereocenters. The maximum atomic E-state index is 13.0. The van der Waals surface area contributed by atoms with Crippen molar-refractivity contribution in [2.45, 2.75) is 50.3 Å². The molecule has 2 heterocycles. The van der Waals surface area contributed by atoms with Crippen LogP contribution in [0.25, 0.3) is 0 Å². The van der Waals surface area contributed by atoms with Gasteiger partial charge in [-0.3, -0.25) is 4.79 Å². The molecule has 152 valence electrons. The van der Waals surface area contributed by atoms with Crippen LogP contribution in [-0.4, -0.2) is 36.3 Å². The number of nitrogens with zero attached hydrogens (tertiary/aromatic N) is 2. The minimum absolute atomic E-state index is 0.178. The Hall–Kier alpha value is -2.12. The molecule has 1 saturated heterocycles. The Kier molecular flexibility index (Phi) is 6.25. The number of anilines is 1. The van der Waals surface area contributed by atoms with Gasteiger partial charge in [0.25, 0.3) is 5.91 Å². The predicted octanol–water partition coefficient (Wildman–Crippen LogP) is 3.97. The van der Waals surface area contributed by atoms with Gasteiger partial charge in [0, 0.05) is 32.0 Å². The SMILES string of the molecule is CC(C)c1ccc(NC(=O)c2cc(S(=O)(=O)N3CCCCCC3)cn2C)cc1. The zero-order valence-electron chi connectivity index (χ0n) is 16.8. The normalized spacial score (nSPS) is 16.1. The highest BCUT2D eigenvalue weighted by Crippen LogP contribution is 2.23. The maximum absolute atomic E-state index is 13.0. The quantitative estimate of drug-likeness (QED) is 0.821. The van der Waals surface area contributed by atoms with Crippen LogP contribution in [0.15, 0.2) is 41.4 Å². The highest BCUT2D eigenvalue weighted by molar-refractivity contribution is 7.89. The molecule has 1 aromatic heterocycles. The molecule has 0 bridgehead atoms. The molecule has 1 aliphatic heterocycles. The minimum atomic E-state index is -3.58. The van der Waals surface area contributed by atoms with E-state index >= 15 is 0 Å². The largest absolute Gasteiger partial charge is 0.345 e. The smallest absolute Gasteiger partial charge is 0.272 e. The van der Waals surface area contributed by atoms with Gasteiger partial charge in [-0.05, 0) is 42.5 Å². The second-order valence-corrected chi connectivity index (χ2v) is 9.66. The summed E-state index contributed by atoms with van der Waals surface area (Å²) in [6.45, 7) is 5.32. The van der Waals surface area contributed by atoms with E-state index < -0.39 is 10.0 Å². The van der Waals surface area contributed by atoms with Crippen molar-refractivity contribution in [2.24, 2.45) is 7.05 Å². The van der Waals surface area contributed by atoms with Crippen LogP contribution < -0.4 is 5.32 Å². The van der Waals surface area contributed by atoms with Crippen LogP contribution in [0.1, 0.15) is 61.5 Å². The Morgan fingerprint density at radius 2 is 1.64 bits per heavy atom. The van der Waals surface area contributed by atoms with Crippen molar-refractivity contribution in [3.05, 3.63) is 47.8 Å². The van der Waals surface area contributed by atoms with Crippen molar-refractivity contribution < 1.29 is 13.2 Å².